The molecular weight excluding hydrogens is 250 g/mol. The Morgan fingerprint density at radius 1 is 1.21 bits per heavy atom. The minimum atomic E-state index is -0.501. The zero-order valence-electron chi connectivity index (χ0n) is 12.0. The van der Waals surface area contributed by atoms with Gasteiger partial charge < -0.3 is 20.3 Å². The van der Waals surface area contributed by atoms with Crippen molar-refractivity contribution in [1.29, 1.82) is 0 Å². The Balaban J connectivity index is 4.17. The van der Waals surface area contributed by atoms with Crippen LogP contribution < -0.4 is 10.6 Å². The molecule has 0 aromatic heterocycles. The summed E-state index contributed by atoms with van der Waals surface area (Å²) in [6.45, 7) is 7.53. The molecule has 0 heterocycles. The third-order valence-corrected chi connectivity index (χ3v) is 2.14. The Kier molecular flexibility index (Phi) is 8.32. The van der Waals surface area contributed by atoms with Gasteiger partial charge in [0.1, 0.15) is 13.1 Å². The van der Waals surface area contributed by atoms with Crippen molar-refractivity contribution in [2.24, 2.45) is 0 Å². The Bertz CT molecular complexity index is 318. The maximum atomic E-state index is 11.7. The fraction of sp³-hybridized carbons (Fsp3) is 0.750. The highest BCUT2D eigenvalue weighted by Crippen LogP contribution is 1.90. The van der Waals surface area contributed by atoms with Gasteiger partial charge in [0.15, 0.2) is 0 Å². The first-order valence-corrected chi connectivity index (χ1v) is 6.38. The van der Waals surface area contributed by atoms with Crippen molar-refractivity contribution in [1.82, 2.24) is 15.5 Å². The summed E-state index contributed by atoms with van der Waals surface area (Å²) >= 11 is 0. The van der Waals surface area contributed by atoms with E-state index in [2.05, 4.69) is 15.4 Å². The molecule has 0 bridgehead atoms. The van der Waals surface area contributed by atoms with Crippen LogP contribution in [0.3, 0.4) is 0 Å². The Morgan fingerprint density at radius 3 is 2.32 bits per heavy atom. The number of hydrogen-bond donors (Lipinski definition) is 2. The highest BCUT2D eigenvalue weighted by atomic mass is 16.5. The van der Waals surface area contributed by atoms with Gasteiger partial charge in [-0.3, -0.25) is 9.59 Å². The zero-order chi connectivity index (χ0) is 14.8. The maximum absolute atomic E-state index is 11.7. The molecule has 0 radical (unpaired) electrons. The predicted molar refractivity (Wildman–Crippen MR) is 70.6 cm³/mol. The number of nitrogens with zero attached hydrogens (tertiary/aromatic N) is 1. The lowest BCUT2D eigenvalue weighted by molar-refractivity contribution is -0.141. The van der Waals surface area contributed by atoms with Gasteiger partial charge >= 0.3 is 12.0 Å². The molecule has 0 aliphatic carbocycles. The molecule has 0 rings (SSSR count). The summed E-state index contributed by atoms with van der Waals surface area (Å²) in [7, 11) is 0. The molecular formula is C12H23N3O4. The lowest BCUT2D eigenvalue weighted by Crippen LogP contribution is -2.47. The average Bonchev–Trinajstić information content (AvgIpc) is 2.32. The van der Waals surface area contributed by atoms with Crippen LogP contribution in [-0.4, -0.2) is 55.1 Å². The number of carbonyl (C=O) groups is 3. The van der Waals surface area contributed by atoms with E-state index in [-0.39, 0.29) is 31.6 Å². The normalized spacial score (nSPS) is 9.95. The molecule has 0 aromatic rings. The van der Waals surface area contributed by atoms with E-state index in [4.69, 9.17) is 0 Å². The second-order valence-corrected chi connectivity index (χ2v) is 4.20. The van der Waals surface area contributed by atoms with E-state index in [0.717, 1.165) is 0 Å². The molecule has 0 aliphatic rings. The summed E-state index contributed by atoms with van der Waals surface area (Å²) in [6.07, 6.45) is 0. The summed E-state index contributed by atoms with van der Waals surface area (Å²) in [5.41, 5.74) is 0. The van der Waals surface area contributed by atoms with E-state index in [1.165, 1.54) is 4.90 Å². The Hall–Kier alpha value is -1.79. The van der Waals surface area contributed by atoms with Crippen molar-refractivity contribution in [3.8, 4) is 0 Å². The number of carbonyl (C=O) groups excluding carboxylic acids is 3. The molecule has 0 aliphatic heterocycles. The van der Waals surface area contributed by atoms with Crippen LogP contribution in [-0.2, 0) is 14.3 Å². The lowest BCUT2D eigenvalue weighted by Gasteiger charge is -2.21. The molecule has 7 heteroatoms. The smallest absolute Gasteiger partial charge is 0.325 e. The number of nitrogens with one attached hydrogen (secondary N) is 2. The third kappa shape index (κ3) is 8.01. The fourth-order valence-electron chi connectivity index (χ4n) is 1.34. The number of urea groups is 1. The second kappa shape index (κ2) is 9.18. The van der Waals surface area contributed by atoms with E-state index in [9.17, 15) is 14.4 Å². The summed E-state index contributed by atoms with van der Waals surface area (Å²) in [6, 6.07) is -0.441. The molecule has 3 amide bonds. The molecule has 0 spiro atoms. The number of rotatable bonds is 7. The summed E-state index contributed by atoms with van der Waals surface area (Å²) in [5.74, 6) is -0.735. The molecule has 0 atom stereocenters. The van der Waals surface area contributed by atoms with Crippen molar-refractivity contribution >= 4 is 17.9 Å². The molecule has 0 saturated carbocycles. The van der Waals surface area contributed by atoms with E-state index in [0.29, 0.717) is 6.54 Å². The minimum absolute atomic E-state index is 0.0220. The summed E-state index contributed by atoms with van der Waals surface area (Å²) < 4.78 is 4.69. The monoisotopic (exact) mass is 273 g/mol. The minimum Gasteiger partial charge on any atom is -0.465 e. The highest BCUT2D eigenvalue weighted by molar-refractivity contribution is 5.85. The molecule has 0 fully saturated rings. The van der Waals surface area contributed by atoms with Crippen LogP contribution in [0.2, 0.25) is 0 Å². The van der Waals surface area contributed by atoms with Gasteiger partial charge in [0.05, 0.1) is 6.61 Å². The molecule has 2 N–H and O–H groups in total. The molecule has 0 saturated heterocycles. The Morgan fingerprint density at radius 2 is 1.84 bits per heavy atom. The van der Waals surface area contributed by atoms with E-state index < -0.39 is 12.0 Å². The van der Waals surface area contributed by atoms with Crippen LogP contribution in [0.25, 0.3) is 0 Å². The van der Waals surface area contributed by atoms with Gasteiger partial charge in [0.25, 0.3) is 0 Å². The molecule has 7 nitrogen and oxygen atoms in total. The van der Waals surface area contributed by atoms with E-state index in [1.807, 2.05) is 13.8 Å². The van der Waals surface area contributed by atoms with Crippen molar-refractivity contribution in [2.75, 3.05) is 26.2 Å². The molecule has 19 heavy (non-hydrogen) atoms. The number of ether oxygens (including phenoxy) is 1. The average molecular weight is 273 g/mol. The van der Waals surface area contributed by atoms with Gasteiger partial charge in [-0.05, 0) is 27.7 Å². The predicted octanol–water partition coefficient (Wildman–Crippen LogP) is 0.106. The van der Waals surface area contributed by atoms with Crippen LogP contribution in [0.15, 0.2) is 0 Å². The van der Waals surface area contributed by atoms with Crippen molar-refractivity contribution in [3.63, 3.8) is 0 Å². The van der Waals surface area contributed by atoms with Crippen molar-refractivity contribution < 1.29 is 19.1 Å². The third-order valence-electron chi connectivity index (χ3n) is 2.14. The van der Waals surface area contributed by atoms with Crippen LogP contribution >= 0.6 is 0 Å². The van der Waals surface area contributed by atoms with Crippen molar-refractivity contribution in [3.05, 3.63) is 0 Å². The summed E-state index contributed by atoms with van der Waals surface area (Å²) in [4.78, 5) is 35.7. The first-order chi connectivity index (χ1) is 8.90. The van der Waals surface area contributed by atoms with Gasteiger partial charge in [0, 0.05) is 12.6 Å². The topological polar surface area (TPSA) is 87.7 Å². The largest absolute Gasteiger partial charge is 0.465 e. The van der Waals surface area contributed by atoms with Crippen molar-refractivity contribution in [2.45, 2.75) is 33.7 Å². The summed E-state index contributed by atoms with van der Waals surface area (Å²) in [5, 5.41) is 5.10. The SMILES string of the molecule is CCOC(=O)CNC(=O)N(CC)CC(=O)NC(C)C. The quantitative estimate of drug-likeness (QED) is 0.644. The molecule has 110 valence electrons. The van der Waals surface area contributed by atoms with Gasteiger partial charge in [-0.2, -0.15) is 0 Å². The lowest BCUT2D eigenvalue weighted by atomic mass is 10.4. The van der Waals surface area contributed by atoms with Gasteiger partial charge in [-0.15, -0.1) is 0 Å². The van der Waals surface area contributed by atoms with Gasteiger partial charge in [-0.25, -0.2) is 4.79 Å². The Labute approximate surface area is 113 Å². The van der Waals surface area contributed by atoms with Crippen LogP contribution in [0.5, 0.6) is 0 Å². The number of amides is 3. The fourth-order valence-corrected chi connectivity index (χ4v) is 1.34. The molecule has 0 aromatic carbocycles. The zero-order valence-corrected chi connectivity index (χ0v) is 12.0. The number of likely N-dealkylation sites (N-methyl/N-ethyl adjacent to an activating group) is 1. The van der Waals surface area contributed by atoms with Crippen LogP contribution in [0.1, 0.15) is 27.7 Å². The van der Waals surface area contributed by atoms with Gasteiger partial charge in [0.2, 0.25) is 5.91 Å². The first kappa shape index (κ1) is 17.2. The van der Waals surface area contributed by atoms with E-state index in [1.54, 1.807) is 13.8 Å². The van der Waals surface area contributed by atoms with E-state index >= 15 is 0 Å². The van der Waals surface area contributed by atoms with Crippen LogP contribution in [0, 0.1) is 0 Å². The van der Waals surface area contributed by atoms with Gasteiger partial charge in [-0.1, -0.05) is 0 Å². The number of esters is 1. The molecule has 0 unspecified atom stereocenters. The maximum Gasteiger partial charge on any atom is 0.325 e. The second-order valence-electron chi connectivity index (χ2n) is 4.20. The number of hydrogen-bond acceptors (Lipinski definition) is 4. The first-order valence-electron chi connectivity index (χ1n) is 6.38. The highest BCUT2D eigenvalue weighted by Gasteiger charge is 2.16. The standard InChI is InChI=1S/C12H23N3O4/c1-5-15(8-10(16)14-9(3)4)12(18)13-7-11(17)19-6-2/h9H,5-8H2,1-4H3,(H,13,18)(H,14,16). The van der Waals surface area contributed by atoms with Crippen LogP contribution in [0.4, 0.5) is 4.79 Å².